The zero-order valence-corrected chi connectivity index (χ0v) is 28.9. The van der Waals surface area contributed by atoms with Crippen molar-refractivity contribution in [3.05, 3.63) is 188 Å². The molecule has 254 valence electrons. The van der Waals surface area contributed by atoms with Gasteiger partial charge >= 0.3 is 0 Å². The van der Waals surface area contributed by atoms with Gasteiger partial charge < -0.3 is 4.42 Å². The summed E-state index contributed by atoms with van der Waals surface area (Å²) in [6, 6.07) is 60.6. The number of nitrogens with zero attached hydrogens (tertiary/aromatic N) is 3. The minimum Gasteiger partial charge on any atom is -0.456 e. The van der Waals surface area contributed by atoms with Gasteiger partial charge in [0.15, 0.2) is 17.5 Å². The van der Waals surface area contributed by atoms with E-state index in [4.69, 9.17) is 19.4 Å². The predicted molar refractivity (Wildman–Crippen MR) is 217 cm³/mol. The molecular weight excluding hydrogens is 666 g/mol. The van der Waals surface area contributed by atoms with E-state index in [0.29, 0.717) is 23.0 Å². The maximum atomic E-state index is 13.9. The fourth-order valence-electron chi connectivity index (χ4n) is 7.22. The van der Waals surface area contributed by atoms with Crippen molar-refractivity contribution in [2.24, 2.45) is 0 Å². The molecule has 0 radical (unpaired) electrons. The quantitative estimate of drug-likeness (QED) is 0.174. The van der Waals surface area contributed by atoms with Gasteiger partial charge in [-0.25, -0.2) is 19.3 Å². The zero-order chi connectivity index (χ0) is 36.0. The molecule has 10 rings (SSSR count). The minimum atomic E-state index is -0.314. The SMILES string of the molecule is Fc1ccc(-c2nc(-c3ccc(-c4ccc5ccccc5c4)cc3)nc(-c3ccc(-c4ccc5c(c4)oc4cccc(-c6ccccc6)c45)cc3)n2)cc1. The maximum absolute atomic E-state index is 13.9. The van der Waals surface area contributed by atoms with E-state index >= 15 is 0 Å². The molecule has 0 N–H and O–H groups in total. The van der Waals surface area contributed by atoms with Gasteiger partial charge in [0.1, 0.15) is 17.0 Å². The molecular formula is C49H30FN3O. The Balaban J connectivity index is 0.999. The largest absolute Gasteiger partial charge is 0.456 e. The van der Waals surface area contributed by atoms with Crippen LogP contribution in [-0.4, -0.2) is 15.0 Å². The number of hydrogen-bond acceptors (Lipinski definition) is 4. The molecule has 54 heavy (non-hydrogen) atoms. The third-order valence-electron chi connectivity index (χ3n) is 10.0. The van der Waals surface area contributed by atoms with Crippen molar-refractivity contribution in [3.8, 4) is 67.5 Å². The summed E-state index contributed by atoms with van der Waals surface area (Å²) in [5.41, 5.74) is 10.8. The van der Waals surface area contributed by atoms with Crippen molar-refractivity contribution in [2.75, 3.05) is 0 Å². The average Bonchev–Trinajstić information content (AvgIpc) is 3.62. The van der Waals surface area contributed by atoms with Crippen LogP contribution in [0.1, 0.15) is 0 Å². The first-order valence-electron chi connectivity index (χ1n) is 17.9. The van der Waals surface area contributed by atoms with Crippen LogP contribution in [-0.2, 0) is 0 Å². The molecule has 0 aliphatic carbocycles. The number of hydrogen-bond donors (Lipinski definition) is 0. The molecule has 5 heteroatoms. The molecule has 0 fully saturated rings. The van der Waals surface area contributed by atoms with Crippen LogP contribution in [0, 0.1) is 5.82 Å². The van der Waals surface area contributed by atoms with Crippen molar-refractivity contribution >= 4 is 32.7 Å². The lowest BCUT2D eigenvalue weighted by Crippen LogP contribution is -2.00. The molecule has 4 nitrogen and oxygen atoms in total. The summed E-state index contributed by atoms with van der Waals surface area (Å²) in [5, 5.41) is 4.61. The van der Waals surface area contributed by atoms with E-state index in [1.54, 1.807) is 12.1 Å². The second kappa shape index (κ2) is 13.1. The Kier molecular flexibility index (Phi) is 7.62. The van der Waals surface area contributed by atoms with E-state index in [0.717, 1.165) is 66.4 Å². The van der Waals surface area contributed by atoms with Crippen LogP contribution in [0.25, 0.3) is 100 Å². The molecule has 0 spiro atoms. The highest BCUT2D eigenvalue weighted by Crippen LogP contribution is 2.38. The molecule has 0 atom stereocenters. The first kappa shape index (κ1) is 31.5. The van der Waals surface area contributed by atoms with Crippen LogP contribution in [0.2, 0.25) is 0 Å². The van der Waals surface area contributed by atoms with Gasteiger partial charge in [-0.3, -0.25) is 0 Å². The number of halogens is 1. The molecule has 8 aromatic carbocycles. The van der Waals surface area contributed by atoms with E-state index in [1.807, 2.05) is 42.5 Å². The van der Waals surface area contributed by atoms with Gasteiger partial charge in [-0.05, 0) is 92.7 Å². The predicted octanol–water partition coefficient (Wildman–Crippen LogP) is 13.1. The lowest BCUT2D eigenvalue weighted by atomic mass is 9.98. The Bertz CT molecular complexity index is 2970. The van der Waals surface area contributed by atoms with Crippen molar-refractivity contribution in [2.45, 2.75) is 0 Å². The summed E-state index contributed by atoms with van der Waals surface area (Å²) in [7, 11) is 0. The van der Waals surface area contributed by atoms with Crippen LogP contribution < -0.4 is 0 Å². The topological polar surface area (TPSA) is 51.8 Å². The smallest absolute Gasteiger partial charge is 0.164 e. The van der Waals surface area contributed by atoms with E-state index in [9.17, 15) is 4.39 Å². The van der Waals surface area contributed by atoms with Gasteiger partial charge in [0.2, 0.25) is 0 Å². The highest BCUT2D eigenvalue weighted by atomic mass is 19.1. The Morgan fingerprint density at radius 3 is 1.52 bits per heavy atom. The second-order valence-corrected chi connectivity index (χ2v) is 13.4. The lowest BCUT2D eigenvalue weighted by molar-refractivity contribution is 0.628. The Labute approximate surface area is 310 Å². The first-order chi connectivity index (χ1) is 26.6. The van der Waals surface area contributed by atoms with Crippen molar-refractivity contribution in [1.29, 1.82) is 0 Å². The van der Waals surface area contributed by atoms with Gasteiger partial charge in [0.25, 0.3) is 0 Å². The third kappa shape index (κ3) is 5.78. The molecule has 10 aromatic rings. The highest BCUT2D eigenvalue weighted by molar-refractivity contribution is 6.13. The van der Waals surface area contributed by atoms with Crippen LogP contribution >= 0.6 is 0 Å². The van der Waals surface area contributed by atoms with Crippen molar-refractivity contribution in [3.63, 3.8) is 0 Å². The summed E-state index contributed by atoms with van der Waals surface area (Å²) in [4.78, 5) is 14.7. The summed E-state index contributed by atoms with van der Waals surface area (Å²) in [5.74, 6) is 1.23. The zero-order valence-electron chi connectivity index (χ0n) is 28.9. The molecule has 0 amide bonds. The minimum absolute atomic E-state index is 0.314. The van der Waals surface area contributed by atoms with Crippen LogP contribution in [0.3, 0.4) is 0 Å². The van der Waals surface area contributed by atoms with E-state index in [1.165, 1.54) is 22.9 Å². The van der Waals surface area contributed by atoms with Crippen LogP contribution in [0.15, 0.2) is 186 Å². The van der Waals surface area contributed by atoms with E-state index < -0.39 is 0 Å². The standard InChI is InChI=1S/C49H30FN3O/c50-41-26-23-37(24-27-41)49-52-47(35-18-13-32(14-19-35)39-22-17-31-7-4-5-10-38(31)29-39)51-48(53-49)36-20-15-33(16-21-36)40-25-28-43-45(30-40)54-44-12-6-11-42(46(43)44)34-8-2-1-3-9-34/h1-30H. The summed E-state index contributed by atoms with van der Waals surface area (Å²) in [6.45, 7) is 0. The van der Waals surface area contributed by atoms with Gasteiger partial charge in [-0.15, -0.1) is 0 Å². The third-order valence-corrected chi connectivity index (χ3v) is 10.0. The Morgan fingerprint density at radius 1 is 0.352 bits per heavy atom. The van der Waals surface area contributed by atoms with Gasteiger partial charge in [-0.2, -0.15) is 0 Å². The molecule has 0 bridgehead atoms. The number of benzene rings is 8. The molecule has 2 aromatic heterocycles. The van der Waals surface area contributed by atoms with E-state index in [2.05, 4.69) is 115 Å². The van der Waals surface area contributed by atoms with E-state index in [-0.39, 0.29) is 5.82 Å². The average molecular weight is 696 g/mol. The highest BCUT2D eigenvalue weighted by Gasteiger charge is 2.16. The number of fused-ring (bicyclic) bond motifs is 4. The van der Waals surface area contributed by atoms with Crippen molar-refractivity contribution < 1.29 is 8.81 Å². The van der Waals surface area contributed by atoms with Crippen molar-refractivity contribution in [1.82, 2.24) is 15.0 Å². The Hall–Kier alpha value is -7.24. The number of rotatable bonds is 6. The lowest BCUT2D eigenvalue weighted by Gasteiger charge is -2.10. The van der Waals surface area contributed by atoms with Gasteiger partial charge in [0.05, 0.1) is 0 Å². The molecule has 0 aliphatic heterocycles. The monoisotopic (exact) mass is 695 g/mol. The number of furan rings is 1. The van der Waals surface area contributed by atoms with Crippen LogP contribution in [0.5, 0.6) is 0 Å². The first-order valence-corrected chi connectivity index (χ1v) is 17.9. The number of aromatic nitrogens is 3. The molecule has 2 heterocycles. The molecule has 0 saturated heterocycles. The normalized spacial score (nSPS) is 11.4. The van der Waals surface area contributed by atoms with Gasteiger partial charge in [0, 0.05) is 27.5 Å². The molecule has 0 saturated carbocycles. The fraction of sp³-hybridized carbons (Fsp3) is 0. The van der Waals surface area contributed by atoms with Crippen LogP contribution in [0.4, 0.5) is 4.39 Å². The summed E-state index contributed by atoms with van der Waals surface area (Å²) in [6.07, 6.45) is 0. The van der Waals surface area contributed by atoms with Gasteiger partial charge in [-0.1, -0.05) is 133 Å². The Morgan fingerprint density at radius 2 is 0.870 bits per heavy atom. The fourth-order valence-corrected chi connectivity index (χ4v) is 7.22. The molecule has 0 unspecified atom stereocenters. The summed E-state index contributed by atoms with van der Waals surface area (Å²) >= 11 is 0. The summed E-state index contributed by atoms with van der Waals surface area (Å²) < 4.78 is 20.3. The maximum Gasteiger partial charge on any atom is 0.164 e. The molecule has 0 aliphatic rings. The second-order valence-electron chi connectivity index (χ2n) is 13.4.